The number of methoxy groups -OCH3 is 1. The maximum absolute atomic E-state index is 11.9. The molecule has 0 fully saturated rings. The molecule has 1 heterocycles. The van der Waals surface area contributed by atoms with Gasteiger partial charge in [0.1, 0.15) is 11.4 Å². The molecule has 0 bridgehead atoms. The zero-order valence-corrected chi connectivity index (χ0v) is 11.8. The van der Waals surface area contributed by atoms with Gasteiger partial charge in [0, 0.05) is 16.7 Å². The van der Waals surface area contributed by atoms with E-state index in [1.165, 1.54) is 12.0 Å². The minimum Gasteiger partial charge on any atom is -0.495 e. The maximum atomic E-state index is 11.9. The quantitative estimate of drug-likeness (QED) is 0.797. The molecule has 5 nitrogen and oxygen atoms in total. The molecule has 1 unspecified atom stereocenters. The number of nitrogens with zero attached hydrogens (tertiary/aromatic N) is 1. The van der Waals surface area contributed by atoms with Gasteiger partial charge in [0.15, 0.2) is 0 Å². The molecule has 1 aromatic rings. The number of thioether (sulfide) groups is 1. The Morgan fingerprint density at radius 3 is 2.74 bits per heavy atom. The summed E-state index contributed by atoms with van der Waals surface area (Å²) in [4.78, 5) is 25.1. The third kappa shape index (κ3) is 2.28. The van der Waals surface area contributed by atoms with Crippen LogP contribution in [-0.2, 0) is 9.59 Å². The van der Waals surface area contributed by atoms with E-state index in [9.17, 15) is 9.59 Å². The molecule has 0 spiro atoms. The molecule has 1 aliphatic heterocycles. The fourth-order valence-electron chi connectivity index (χ4n) is 2.13. The first kappa shape index (κ1) is 13.7. The minimum atomic E-state index is -1.45. The Kier molecular flexibility index (Phi) is 3.71. The lowest BCUT2D eigenvalue weighted by atomic mass is 10.1. The van der Waals surface area contributed by atoms with Crippen molar-refractivity contribution in [3.05, 3.63) is 17.7 Å². The van der Waals surface area contributed by atoms with Crippen LogP contribution < -0.4 is 9.64 Å². The Hall–Kier alpha value is -1.69. The second-order valence-electron chi connectivity index (χ2n) is 4.40. The number of carbonyl (C=O) groups is 2. The number of hydrogen-bond acceptors (Lipinski definition) is 4. The molecule has 0 aromatic heterocycles. The van der Waals surface area contributed by atoms with E-state index in [1.54, 1.807) is 17.8 Å². The number of carboxylic acid groups (broad SMARTS) is 1. The molecule has 0 aliphatic carbocycles. The van der Waals surface area contributed by atoms with Crippen LogP contribution in [0.1, 0.15) is 12.5 Å². The van der Waals surface area contributed by atoms with E-state index < -0.39 is 11.9 Å². The standard InChI is InChI=1S/C13H15NO4S/c1-7-4-5-9(18-3)10-11(7)19-6-8(2)14(10)12(15)13(16)17/h4-5,8H,6H2,1-3H3,(H,16,17). The highest BCUT2D eigenvalue weighted by Crippen LogP contribution is 2.45. The number of aliphatic carboxylic acids is 1. The van der Waals surface area contributed by atoms with Crippen molar-refractivity contribution in [3.8, 4) is 5.75 Å². The summed E-state index contributed by atoms with van der Waals surface area (Å²) in [6.07, 6.45) is 0. The van der Waals surface area contributed by atoms with Gasteiger partial charge >= 0.3 is 11.9 Å². The highest BCUT2D eigenvalue weighted by atomic mass is 32.2. The Bertz CT molecular complexity index is 544. The molecule has 1 aromatic carbocycles. The lowest BCUT2D eigenvalue weighted by Crippen LogP contribution is -2.46. The Morgan fingerprint density at radius 2 is 2.16 bits per heavy atom. The van der Waals surface area contributed by atoms with Crippen molar-refractivity contribution in [1.29, 1.82) is 0 Å². The summed E-state index contributed by atoms with van der Waals surface area (Å²) in [5.41, 5.74) is 1.58. The van der Waals surface area contributed by atoms with Gasteiger partial charge in [0.2, 0.25) is 0 Å². The summed E-state index contributed by atoms with van der Waals surface area (Å²) in [5, 5.41) is 8.97. The average molecular weight is 281 g/mol. The molecule has 1 aliphatic rings. The minimum absolute atomic E-state index is 0.184. The summed E-state index contributed by atoms with van der Waals surface area (Å²) < 4.78 is 5.28. The molecule has 1 amide bonds. The van der Waals surface area contributed by atoms with Crippen molar-refractivity contribution in [3.63, 3.8) is 0 Å². The van der Waals surface area contributed by atoms with Crippen LogP contribution in [0.2, 0.25) is 0 Å². The number of carbonyl (C=O) groups excluding carboxylic acids is 1. The SMILES string of the molecule is COc1ccc(C)c2c1N(C(=O)C(=O)O)C(C)CS2. The van der Waals surface area contributed by atoms with Crippen LogP contribution in [0.15, 0.2) is 17.0 Å². The number of benzene rings is 1. The first-order valence-corrected chi connectivity index (χ1v) is 6.82. The monoisotopic (exact) mass is 281 g/mol. The summed E-state index contributed by atoms with van der Waals surface area (Å²) in [7, 11) is 1.51. The van der Waals surface area contributed by atoms with Crippen LogP contribution in [0.5, 0.6) is 5.75 Å². The van der Waals surface area contributed by atoms with Gasteiger partial charge in [0.05, 0.1) is 7.11 Å². The number of carboxylic acids is 1. The van der Waals surface area contributed by atoms with Crippen LogP contribution in [0.4, 0.5) is 5.69 Å². The number of amides is 1. The zero-order valence-electron chi connectivity index (χ0n) is 11.0. The van der Waals surface area contributed by atoms with Crippen molar-refractivity contribution in [2.75, 3.05) is 17.8 Å². The van der Waals surface area contributed by atoms with E-state index in [0.29, 0.717) is 17.2 Å². The Morgan fingerprint density at radius 1 is 1.47 bits per heavy atom. The van der Waals surface area contributed by atoms with Crippen LogP contribution >= 0.6 is 11.8 Å². The first-order valence-electron chi connectivity index (χ1n) is 5.84. The average Bonchev–Trinajstić information content (AvgIpc) is 2.38. The molecular formula is C13H15NO4S. The molecule has 2 rings (SSSR count). The van der Waals surface area contributed by atoms with Gasteiger partial charge in [-0.2, -0.15) is 0 Å². The third-order valence-corrected chi connectivity index (χ3v) is 4.52. The van der Waals surface area contributed by atoms with E-state index in [4.69, 9.17) is 9.84 Å². The van der Waals surface area contributed by atoms with Gasteiger partial charge < -0.3 is 9.84 Å². The smallest absolute Gasteiger partial charge is 0.394 e. The Balaban J connectivity index is 2.63. The number of fused-ring (bicyclic) bond motifs is 1. The highest BCUT2D eigenvalue weighted by Gasteiger charge is 2.35. The fraction of sp³-hybridized carbons (Fsp3) is 0.385. The molecule has 0 saturated heterocycles. The predicted octanol–water partition coefficient (Wildman–Crippen LogP) is 1.92. The third-order valence-electron chi connectivity index (χ3n) is 3.06. The summed E-state index contributed by atoms with van der Waals surface area (Å²) in [5.74, 6) is -1.18. The molecule has 1 atom stereocenters. The normalized spacial score (nSPS) is 17.8. The molecular weight excluding hydrogens is 266 g/mol. The van der Waals surface area contributed by atoms with Crippen LogP contribution in [-0.4, -0.2) is 35.9 Å². The van der Waals surface area contributed by atoms with Gasteiger partial charge in [-0.15, -0.1) is 11.8 Å². The largest absolute Gasteiger partial charge is 0.495 e. The molecule has 0 saturated carbocycles. The summed E-state index contributed by atoms with van der Waals surface area (Å²) >= 11 is 1.62. The highest BCUT2D eigenvalue weighted by molar-refractivity contribution is 7.99. The van der Waals surface area contributed by atoms with Crippen LogP contribution in [0.25, 0.3) is 0 Å². The number of rotatable bonds is 1. The molecule has 6 heteroatoms. The Labute approximate surface area is 115 Å². The van der Waals surface area contributed by atoms with Crippen molar-refractivity contribution in [2.45, 2.75) is 24.8 Å². The van der Waals surface area contributed by atoms with Crippen LogP contribution in [0, 0.1) is 6.92 Å². The topological polar surface area (TPSA) is 66.8 Å². The number of anilines is 1. The second kappa shape index (κ2) is 5.13. The van der Waals surface area contributed by atoms with E-state index >= 15 is 0 Å². The van der Waals surface area contributed by atoms with Gasteiger partial charge in [-0.1, -0.05) is 6.07 Å². The molecule has 102 valence electrons. The van der Waals surface area contributed by atoms with Gasteiger partial charge in [-0.3, -0.25) is 9.69 Å². The van der Waals surface area contributed by atoms with Crippen molar-refractivity contribution < 1.29 is 19.4 Å². The lowest BCUT2D eigenvalue weighted by Gasteiger charge is -2.35. The van der Waals surface area contributed by atoms with Gasteiger partial charge in [0.25, 0.3) is 0 Å². The van der Waals surface area contributed by atoms with Gasteiger partial charge in [-0.25, -0.2) is 4.79 Å². The summed E-state index contributed by atoms with van der Waals surface area (Å²) in [6.45, 7) is 3.77. The van der Waals surface area contributed by atoms with Crippen LogP contribution in [0.3, 0.4) is 0 Å². The zero-order chi connectivity index (χ0) is 14.2. The van der Waals surface area contributed by atoms with Gasteiger partial charge in [-0.05, 0) is 25.5 Å². The number of aryl methyl sites for hydroxylation is 1. The summed E-state index contributed by atoms with van der Waals surface area (Å²) in [6, 6.07) is 3.48. The predicted molar refractivity (Wildman–Crippen MR) is 73.0 cm³/mol. The van der Waals surface area contributed by atoms with Crippen molar-refractivity contribution in [1.82, 2.24) is 0 Å². The lowest BCUT2D eigenvalue weighted by molar-refractivity contribution is -0.149. The fourth-order valence-corrected chi connectivity index (χ4v) is 3.32. The number of ether oxygens (including phenoxy) is 1. The number of hydrogen-bond donors (Lipinski definition) is 1. The van der Waals surface area contributed by atoms with E-state index in [1.807, 2.05) is 19.9 Å². The molecule has 19 heavy (non-hydrogen) atoms. The first-order chi connectivity index (χ1) is 8.97. The molecule has 1 N–H and O–H groups in total. The van der Waals surface area contributed by atoms with Crippen molar-refractivity contribution in [2.24, 2.45) is 0 Å². The van der Waals surface area contributed by atoms with E-state index in [2.05, 4.69) is 0 Å². The second-order valence-corrected chi connectivity index (χ2v) is 5.43. The van der Waals surface area contributed by atoms with Crippen molar-refractivity contribution >= 4 is 29.3 Å². The maximum Gasteiger partial charge on any atom is 0.394 e. The van der Waals surface area contributed by atoms with E-state index in [0.717, 1.165) is 10.5 Å². The molecule has 0 radical (unpaired) electrons. The van der Waals surface area contributed by atoms with E-state index in [-0.39, 0.29) is 6.04 Å².